The Morgan fingerprint density at radius 2 is 1.74 bits per heavy atom. The summed E-state index contributed by atoms with van der Waals surface area (Å²) in [5, 5.41) is 8.51. The summed E-state index contributed by atoms with van der Waals surface area (Å²) in [6.45, 7) is 1.83. The summed E-state index contributed by atoms with van der Waals surface area (Å²) in [5.41, 5.74) is 1.09. The van der Waals surface area contributed by atoms with Crippen molar-refractivity contribution >= 4 is 10.0 Å². The summed E-state index contributed by atoms with van der Waals surface area (Å²) in [7, 11) is -3.58. The lowest BCUT2D eigenvalue weighted by Crippen LogP contribution is -2.24. The second kappa shape index (κ2) is 6.50. The van der Waals surface area contributed by atoms with Crippen LogP contribution in [-0.2, 0) is 16.6 Å². The number of sulfonamides is 1. The molecule has 3 N–H and O–H groups in total. The van der Waals surface area contributed by atoms with E-state index in [-0.39, 0.29) is 4.90 Å². The zero-order valence-corrected chi connectivity index (χ0v) is 12.0. The topological polar surface area (TPSA) is 72.2 Å². The maximum Gasteiger partial charge on any atom is 0.238 e. The minimum Gasteiger partial charge on any atom is -0.312 e. The minimum absolute atomic E-state index is 0.170. The molecule has 0 atom stereocenters. The highest BCUT2D eigenvalue weighted by Gasteiger charge is 2.12. The molecule has 1 aliphatic rings. The summed E-state index contributed by atoms with van der Waals surface area (Å²) in [6.07, 6.45) is 6.76. The molecule has 0 heterocycles. The normalized spacial score (nSPS) is 17.5. The van der Waals surface area contributed by atoms with E-state index < -0.39 is 10.0 Å². The van der Waals surface area contributed by atoms with Crippen molar-refractivity contribution in [3.8, 4) is 0 Å². The Morgan fingerprint density at radius 3 is 2.32 bits per heavy atom. The molecule has 0 radical (unpaired) electrons. The van der Waals surface area contributed by atoms with Crippen LogP contribution in [0.15, 0.2) is 29.2 Å². The monoisotopic (exact) mass is 282 g/mol. The van der Waals surface area contributed by atoms with Gasteiger partial charge in [-0.25, -0.2) is 13.6 Å². The largest absolute Gasteiger partial charge is 0.312 e. The minimum atomic E-state index is -3.58. The van der Waals surface area contributed by atoms with Gasteiger partial charge in [-0.1, -0.05) is 31.4 Å². The van der Waals surface area contributed by atoms with Gasteiger partial charge in [0.15, 0.2) is 0 Å². The zero-order chi connectivity index (χ0) is 13.7. The fraction of sp³-hybridized carbons (Fsp3) is 0.571. The number of hydrogen-bond acceptors (Lipinski definition) is 3. The van der Waals surface area contributed by atoms with Crippen LogP contribution in [0.4, 0.5) is 0 Å². The maximum absolute atomic E-state index is 11.1. The van der Waals surface area contributed by atoms with Crippen molar-refractivity contribution in [2.24, 2.45) is 11.1 Å². The molecular weight excluding hydrogens is 260 g/mol. The van der Waals surface area contributed by atoms with Gasteiger partial charge in [-0.05, 0) is 43.0 Å². The molecule has 2 rings (SSSR count). The van der Waals surface area contributed by atoms with Gasteiger partial charge in [-0.15, -0.1) is 0 Å². The third kappa shape index (κ3) is 4.60. The summed E-state index contributed by atoms with van der Waals surface area (Å²) < 4.78 is 22.3. The molecule has 0 aromatic heterocycles. The molecule has 19 heavy (non-hydrogen) atoms. The summed E-state index contributed by atoms with van der Waals surface area (Å²) >= 11 is 0. The molecule has 1 aliphatic carbocycles. The summed E-state index contributed by atoms with van der Waals surface area (Å²) in [6, 6.07) is 6.75. The van der Waals surface area contributed by atoms with E-state index >= 15 is 0 Å². The van der Waals surface area contributed by atoms with Crippen molar-refractivity contribution in [2.45, 2.75) is 43.5 Å². The fourth-order valence-corrected chi connectivity index (χ4v) is 3.12. The second-order valence-electron chi connectivity index (χ2n) is 5.32. The van der Waals surface area contributed by atoms with Crippen LogP contribution >= 0.6 is 0 Å². The molecule has 106 valence electrons. The van der Waals surface area contributed by atoms with E-state index in [1.807, 2.05) is 12.1 Å². The number of hydrogen-bond donors (Lipinski definition) is 2. The van der Waals surface area contributed by atoms with Gasteiger partial charge in [-0.2, -0.15) is 0 Å². The Hall–Kier alpha value is -0.910. The molecular formula is C14H22N2O2S. The SMILES string of the molecule is NS(=O)(=O)c1ccc(CNCC2CCCCC2)cc1. The molecule has 0 saturated heterocycles. The van der Waals surface area contributed by atoms with E-state index in [1.54, 1.807) is 12.1 Å². The molecule has 4 nitrogen and oxygen atoms in total. The Balaban J connectivity index is 1.80. The highest BCUT2D eigenvalue weighted by Crippen LogP contribution is 2.22. The molecule has 5 heteroatoms. The highest BCUT2D eigenvalue weighted by atomic mass is 32.2. The molecule has 0 aliphatic heterocycles. The number of nitrogens with two attached hydrogens (primary N) is 1. The molecule has 0 unspecified atom stereocenters. The van der Waals surface area contributed by atoms with E-state index in [2.05, 4.69) is 5.32 Å². The number of nitrogens with one attached hydrogen (secondary N) is 1. The van der Waals surface area contributed by atoms with Crippen LogP contribution in [0.25, 0.3) is 0 Å². The molecule has 1 aromatic rings. The number of rotatable bonds is 5. The Bertz CT molecular complexity index is 491. The van der Waals surface area contributed by atoms with Crippen LogP contribution in [-0.4, -0.2) is 15.0 Å². The van der Waals surface area contributed by atoms with Gasteiger partial charge in [0.05, 0.1) is 4.90 Å². The van der Waals surface area contributed by atoms with E-state index in [4.69, 9.17) is 5.14 Å². The smallest absolute Gasteiger partial charge is 0.238 e. The molecule has 1 aromatic carbocycles. The Labute approximate surface area is 115 Å². The molecule has 0 bridgehead atoms. The first-order chi connectivity index (χ1) is 9.05. The predicted molar refractivity (Wildman–Crippen MR) is 76.1 cm³/mol. The van der Waals surface area contributed by atoms with E-state index in [1.165, 1.54) is 32.1 Å². The van der Waals surface area contributed by atoms with Gasteiger partial charge in [0.25, 0.3) is 0 Å². The first-order valence-corrected chi connectivity index (χ1v) is 8.43. The average molecular weight is 282 g/mol. The third-order valence-corrected chi connectivity index (χ3v) is 4.67. The van der Waals surface area contributed by atoms with Gasteiger partial charge < -0.3 is 5.32 Å². The van der Waals surface area contributed by atoms with E-state index in [0.29, 0.717) is 0 Å². The number of benzene rings is 1. The maximum atomic E-state index is 11.1. The first-order valence-electron chi connectivity index (χ1n) is 6.88. The van der Waals surface area contributed by atoms with Crippen LogP contribution in [0.5, 0.6) is 0 Å². The fourth-order valence-electron chi connectivity index (χ4n) is 2.61. The van der Waals surface area contributed by atoms with Gasteiger partial charge >= 0.3 is 0 Å². The van der Waals surface area contributed by atoms with Gasteiger partial charge in [0.1, 0.15) is 0 Å². The van der Waals surface area contributed by atoms with Crippen molar-refractivity contribution in [3.05, 3.63) is 29.8 Å². The van der Waals surface area contributed by atoms with Crippen molar-refractivity contribution < 1.29 is 8.42 Å². The van der Waals surface area contributed by atoms with Crippen molar-refractivity contribution in [1.82, 2.24) is 5.32 Å². The van der Waals surface area contributed by atoms with Gasteiger partial charge in [0, 0.05) is 6.54 Å². The number of primary sulfonamides is 1. The van der Waals surface area contributed by atoms with Gasteiger partial charge in [0.2, 0.25) is 10.0 Å². The lowest BCUT2D eigenvalue weighted by atomic mass is 9.89. The zero-order valence-electron chi connectivity index (χ0n) is 11.1. The lowest BCUT2D eigenvalue weighted by Gasteiger charge is -2.21. The van der Waals surface area contributed by atoms with Crippen LogP contribution in [0.1, 0.15) is 37.7 Å². The average Bonchev–Trinajstić information content (AvgIpc) is 2.39. The van der Waals surface area contributed by atoms with Crippen molar-refractivity contribution in [3.63, 3.8) is 0 Å². The first kappa shape index (κ1) is 14.5. The van der Waals surface area contributed by atoms with Crippen LogP contribution in [0.3, 0.4) is 0 Å². The molecule has 0 amide bonds. The molecule has 1 saturated carbocycles. The standard InChI is InChI=1S/C14H22N2O2S/c15-19(17,18)14-8-6-13(7-9-14)11-16-10-12-4-2-1-3-5-12/h6-9,12,16H,1-5,10-11H2,(H2,15,17,18). The highest BCUT2D eigenvalue weighted by molar-refractivity contribution is 7.89. The third-order valence-electron chi connectivity index (χ3n) is 3.74. The van der Waals surface area contributed by atoms with Crippen molar-refractivity contribution in [2.75, 3.05) is 6.54 Å². The van der Waals surface area contributed by atoms with Crippen molar-refractivity contribution in [1.29, 1.82) is 0 Å². The second-order valence-corrected chi connectivity index (χ2v) is 6.89. The van der Waals surface area contributed by atoms with E-state index in [0.717, 1.165) is 24.6 Å². The van der Waals surface area contributed by atoms with Crippen LogP contribution < -0.4 is 10.5 Å². The predicted octanol–water partition coefficient (Wildman–Crippen LogP) is 2.00. The summed E-state index contributed by atoms with van der Waals surface area (Å²) in [4.78, 5) is 0.170. The van der Waals surface area contributed by atoms with Crippen LogP contribution in [0.2, 0.25) is 0 Å². The lowest BCUT2D eigenvalue weighted by molar-refractivity contribution is 0.342. The van der Waals surface area contributed by atoms with Crippen LogP contribution in [0, 0.1) is 5.92 Å². The molecule has 1 fully saturated rings. The Kier molecular flexibility index (Phi) is 4.96. The Morgan fingerprint density at radius 1 is 1.11 bits per heavy atom. The van der Waals surface area contributed by atoms with E-state index in [9.17, 15) is 8.42 Å². The molecule has 0 spiro atoms. The quantitative estimate of drug-likeness (QED) is 0.867. The van der Waals surface area contributed by atoms with Gasteiger partial charge in [-0.3, -0.25) is 0 Å². The summed E-state index contributed by atoms with van der Waals surface area (Å²) in [5.74, 6) is 0.803.